The number of hydrogen-bond acceptors (Lipinski definition) is 3. The molecule has 1 heterocycles. The number of aryl methyl sites for hydroxylation is 1. The van der Waals surface area contributed by atoms with Crippen LogP contribution in [0, 0.1) is 19.8 Å². The fraction of sp³-hybridized carbons (Fsp3) is 0.444. The minimum absolute atomic E-state index is 0.0239. The van der Waals surface area contributed by atoms with E-state index in [9.17, 15) is 18.0 Å². The lowest BCUT2D eigenvalue weighted by molar-refractivity contribution is -0.274. The average Bonchev–Trinajstić information content (AvgIpc) is 2.75. The number of aromatic nitrogens is 2. The van der Waals surface area contributed by atoms with Crippen LogP contribution in [0.25, 0.3) is 0 Å². The monoisotopic (exact) mass is 369 g/mol. The summed E-state index contributed by atoms with van der Waals surface area (Å²) in [5.74, 6) is -0.475. The molecule has 1 aromatic carbocycles. The van der Waals surface area contributed by atoms with Gasteiger partial charge < -0.3 is 10.1 Å². The van der Waals surface area contributed by atoms with Crippen LogP contribution in [-0.4, -0.2) is 22.1 Å². The van der Waals surface area contributed by atoms with E-state index in [4.69, 9.17) is 0 Å². The Morgan fingerprint density at radius 1 is 1.27 bits per heavy atom. The van der Waals surface area contributed by atoms with Crippen molar-refractivity contribution in [3.05, 3.63) is 41.2 Å². The molecule has 0 spiro atoms. The molecule has 0 aliphatic heterocycles. The average molecular weight is 369 g/mol. The van der Waals surface area contributed by atoms with Crippen LogP contribution < -0.4 is 10.1 Å². The number of para-hydroxylation sites is 2. The Balaban J connectivity index is 2.14. The maximum atomic E-state index is 12.5. The van der Waals surface area contributed by atoms with E-state index in [2.05, 4.69) is 29.0 Å². The Morgan fingerprint density at radius 2 is 1.92 bits per heavy atom. The Bertz CT molecular complexity index is 782. The molecule has 1 aromatic heterocycles. The van der Waals surface area contributed by atoms with Crippen molar-refractivity contribution in [2.75, 3.05) is 5.32 Å². The van der Waals surface area contributed by atoms with Crippen molar-refractivity contribution in [1.82, 2.24) is 9.78 Å². The van der Waals surface area contributed by atoms with E-state index in [-0.39, 0.29) is 12.1 Å². The molecule has 0 saturated carbocycles. The van der Waals surface area contributed by atoms with Crippen LogP contribution in [0.3, 0.4) is 0 Å². The van der Waals surface area contributed by atoms with Gasteiger partial charge in [0.05, 0.1) is 17.8 Å². The minimum Gasteiger partial charge on any atom is -0.404 e. The SMILES string of the molecule is Cc1nn(CC(C)C)c(C)c1CC(=O)Nc1ccccc1OC(F)(F)F. The summed E-state index contributed by atoms with van der Waals surface area (Å²) in [5.41, 5.74) is 2.36. The van der Waals surface area contributed by atoms with Gasteiger partial charge in [-0.05, 0) is 31.9 Å². The molecule has 0 radical (unpaired) electrons. The number of carbonyl (C=O) groups is 1. The zero-order chi connectivity index (χ0) is 19.5. The van der Waals surface area contributed by atoms with Crippen LogP contribution in [0.2, 0.25) is 0 Å². The van der Waals surface area contributed by atoms with Crippen molar-refractivity contribution in [1.29, 1.82) is 0 Å². The molecule has 2 rings (SSSR count). The lowest BCUT2D eigenvalue weighted by Crippen LogP contribution is -2.20. The third-order valence-electron chi connectivity index (χ3n) is 3.79. The molecule has 0 aliphatic rings. The van der Waals surface area contributed by atoms with E-state index in [1.54, 1.807) is 0 Å². The minimum atomic E-state index is -4.83. The van der Waals surface area contributed by atoms with Gasteiger partial charge in [-0.2, -0.15) is 5.10 Å². The summed E-state index contributed by atoms with van der Waals surface area (Å²) in [6.07, 6.45) is -4.80. The zero-order valence-electron chi connectivity index (χ0n) is 15.1. The molecule has 0 atom stereocenters. The first-order valence-electron chi connectivity index (χ1n) is 8.24. The van der Waals surface area contributed by atoms with Gasteiger partial charge in [0.15, 0.2) is 5.75 Å². The Morgan fingerprint density at radius 3 is 2.54 bits per heavy atom. The van der Waals surface area contributed by atoms with Crippen LogP contribution in [0.4, 0.5) is 18.9 Å². The highest BCUT2D eigenvalue weighted by molar-refractivity contribution is 5.93. The number of nitrogens with one attached hydrogen (secondary N) is 1. The Hall–Kier alpha value is -2.51. The van der Waals surface area contributed by atoms with E-state index in [1.165, 1.54) is 18.2 Å². The molecule has 1 N–H and O–H groups in total. The number of benzene rings is 1. The van der Waals surface area contributed by atoms with E-state index < -0.39 is 18.0 Å². The second-order valence-corrected chi connectivity index (χ2v) is 6.49. The highest BCUT2D eigenvalue weighted by atomic mass is 19.4. The van der Waals surface area contributed by atoms with Gasteiger partial charge in [0, 0.05) is 17.8 Å². The normalized spacial score (nSPS) is 11.7. The standard InChI is InChI=1S/C18H22F3N3O2/c1-11(2)10-24-13(4)14(12(3)23-24)9-17(25)22-15-7-5-6-8-16(15)26-18(19,20)21/h5-8,11H,9-10H2,1-4H3,(H,22,25). The molecule has 26 heavy (non-hydrogen) atoms. The van der Waals surface area contributed by atoms with Crippen molar-refractivity contribution in [3.63, 3.8) is 0 Å². The lowest BCUT2D eigenvalue weighted by Gasteiger charge is -2.14. The number of alkyl halides is 3. The van der Waals surface area contributed by atoms with Crippen molar-refractivity contribution >= 4 is 11.6 Å². The number of halogens is 3. The van der Waals surface area contributed by atoms with Crippen LogP contribution in [-0.2, 0) is 17.8 Å². The van der Waals surface area contributed by atoms with Gasteiger partial charge in [-0.3, -0.25) is 9.48 Å². The maximum Gasteiger partial charge on any atom is 0.573 e. The van der Waals surface area contributed by atoms with Gasteiger partial charge in [-0.1, -0.05) is 26.0 Å². The fourth-order valence-corrected chi connectivity index (χ4v) is 2.65. The van der Waals surface area contributed by atoms with E-state index in [0.717, 1.165) is 29.6 Å². The number of carbonyl (C=O) groups excluding carboxylic acids is 1. The first-order chi connectivity index (χ1) is 12.1. The predicted molar refractivity (Wildman–Crippen MR) is 92.0 cm³/mol. The molecule has 2 aromatic rings. The summed E-state index contributed by atoms with van der Waals surface area (Å²) in [5, 5.41) is 6.92. The molecule has 0 unspecified atom stereocenters. The molecular weight excluding hydrogens is 347 g/mol. The molecule has 0 saturated heterocycles. The van der Waals surface area contributed by atoms with Crippen LogP contribution >= 0.6 is 0 Å². The molecule has 8 heteroatoms. The number of amides is 1. The second kappa shape index (κ2) is 7.80. The first-order valence-corrected chi connectivity index (χ1v) is 8.24. The largest absolute Gasteiger partial charge is 0.573 e. The van der Waals surface area contributed by atoms with Crippen molar-refractivity contribution < 1.29 is 22.7 Å². The van der Waals surface area contributed by atoms with Gasteiger partial charge in [-0.15, -0.1) is 13.2 Å². The van der Waals surface area contributed by atoms with Crippen molar-refractivity contribution in [2.45, 2.75) is 47.0 Å². The molecule has 1 amide bonds. The van der Waals surface area contributed by atoms with Gasteiger partial charge in [0.1, 0.15) is 0 Å². The number of anilines is 1. The number of ether oxygens (including phenoxy) is 1. The van der Waals surface area contributed by atoms with E-state index in [0.29, 0.717) is 5.92 Å². The van der Waals surface area contributed by atoms with Crippen molar-refractivity contribution in [3.8, 4) is 5.75 Å². The lowest BCUT2D eigenvalue weighted by atomic mass is 10.1. The number of rotatable bonds is 6. The predicted octanol–water partition coefficient (Wildman–Crippen LogP) is 4.24. The summed E-state index contributed by atoms with van der Waals surface area (Å²) in [7, 11) is 0. The first kappa shape index (κ1) is 19.8. The van der Waals surface area contributed by atoms with Gasteiger partial charge >= 0.3 is 6.36 Å². The molecule has 0 fully saturated rings. The third-order valence-corrected chi connectivity index (χ3v) is 3.79. The summed E-state index contributed by atoms with van der Waals surface area (Å²) < 4.78 is 43.2. The third kappa shape index (κ3) is 5.24. The smallest absolute Gasteiger partial charge is 0.404 e. The number of nitrogens with zero attached hydrogens (tertiary/aromatic N) is 2. The Labute approximate surface area is 150 Å². The summed E-state index contributed by atoms with van der Waals surface area (Å²) in [4.78, 5) is 12.4. The number of hydrogen-bond donors (Lipinski definition) is 1. The highest BCUT2D eigenvalue weighted by Crippen LogP contribution is 2.30. The van der Waals surface area contributed by atoms with Crippen LogP contribution in [0.5, 0.6) is 5.75 Å². The molecular formula is C18H22F3N3O2. The van der Waals surface area contributed by atoms with Crippen molar-refractivity contribution in [2.24, 2.45) is 5.92 Å². The van der Waals surface area contributed by atoms with E-state index >= 15 is 0 Å². The summed E-state index contributed by atoms with van der Waals surface area (Å²) in [6, 6.07) is 5.44. The fourth-order valence-electron chi connectivity index (χ4n) is 2.65. The molecule has 5 nitrogen and oxygen atoms in total. The molecule has 0 bridgehead atoms. The quantitative estimate of drug-likeness (QED) is 0.829. The maximum absolute atomic E-state index is 12.5. The summed E-state index contributed by atoms with van der Waals surface area (Å²) in [6.45, 7) is 8.57. The van der Waals surface area contributed by atoms with Crippen LogP contribution in [0.15, 0.2) is 24.3 Å². The second-order valence-electron chi connectivity index (χ2n) is 6.49. The zero-order valence-corrected chi connectivity index (χ0v) is 15.1. The van der Waals surface area contributed by atoms with E-state index in [1.807, 2.05) is 18.5 Å². The van der Waals surface area contributed by atoms with Gasteiger partial charge in [-0.25, -0.2) is 0 Å². The molecule has 142 valence electrons. The van der Waals surface area contributed by atoms with Gasteiger partial charge in [0.2, 0.25) is 5.91 Å². The highest BCUT2D eigenvalue weighted by Gasteiger charge is 2.32. The Kier molecular flexibility index (Phi) is 5.94. The topological polar surface area (TPSA) is 56.2 Å². The summed E-state index contributed by atoms with van der Waals surface area (Å²) >= 11 is 0. The van der Waals surface area contributed by atoms with Gasteiger partial charge in [0.25, 0.3) is 0 Å². The molecule has 0 aliphatic carbocycles. The van der Waals surface area contributed by atoms with Crippen LogP contribution in [0.1, 0.15) is 30.8 Å².